The smallest absolute Gasteiger partial charge is 0.0408 e. The molecule has 0 saturated heterocycles. The number of hydrogen-bond acceptors (Lipinski definition) is 2. The fourth-order valence-corrected chi connectivity index (χ4v) is 2.67. The van der Waals surface area contributed by atoms with Crippen LogP contribution in [0.4, 0.5) is 0 Å². The third-order valence-electron chi connectivity index (χ3n) is 2.67. The zero-order valence-corrected chi connectivity index (χ0v) is 10.5. The molecule has 1 atom stereocenters. The Hall–Kier alpha value is -0.830. The third kappa shape index (κ3) is 2.85. The summed E-state index contributed by atoms with van der Waals surface area (Å²) in [6.07, 6.45) is 0.986. The van der Waals surface area contributed by atoms with Crippen molar-refractivity contribution in [2.75, 3.05) is 6.54 Å². The Kier molecular flexibility index (Phi) is 3.99. The van der Waals surface area contributed by atoms with Crippen molar-refractivity contribution in [3.05, 3.63) is 57.2 Å². The van der Waals surface area contributed by atoms with E-state index < -0.39 is 0 Å². The number of nitrogens with two attached hydrogens (primary N) is 1. The van der Waals surface area contributed by atoms with Gasteiger partial charge in [-0.2, -0.15) is 11.3 Å². The molecule has 1 heterocycles. The first-order chi connectivity index (χ1) is 7.79. The molecule has 0 fully saturated rings. The molecule has 0 spiro atoms. The Balaban J connectivity index is 2.16. The van der Waals surface area contributed by atoms with Crippen molar-refractivity contribution in [2.45, 2.75) is 12.3 Å². The van der Waals surface area contributed by atoms with Crippen molar-refractivity contribution in [2.24, 2.45) is 5.73 Å². The van der Waals surface area contributed by atoms with Crippen molar-refractivity contribution in [1.29, 1.82) is 0 Å². The van der Waals surface area contributed by atoms with Crippen molar-refractivity contribution < 1.29 is 0 Å². The zero-order valence-electron chi connectivity index (χ0n) is 8.90. The Morgan fingerprint density at radius 1 is 1.31 bits per heavy atom. The second kappa shape index (κ2) is 5.48. The van der Waals surface area contributed by atoms with Crippen LogP contribution in [-0.4, -0.2) is 6.54 Å². The summed E-state index contributed by atoms with van der Waals surface area (Å²) in [4.78, 5) is 0. The average Bonchev–Trinajstić information content (AvgIpc) is 2.78. The highest BCUT2D eigenvalue weighted by molar-refractivity contribution is 7.07. The number of hydrogen-bond donors (Lipinski definition) is 1. The summed E-state index contributed by atoms with van der Waals surface area (Å²) in [6, 6.07) is 10.1. The summed E-state index contributed by atoms with van der Waals surface area (Å²) in [5.41, 5.74) is 8.40. The maximum absolute atomic E-state index is 5.99. The Bertz CT molecular complexity index is 439. The summed E-state index contributed by atoms with van der Waals surface area (Å²) in [6.45, 7) is 0.649. The monoisotopic (exact) mass is 251 g/mol. The van der Waals surface area contributed by atoms with Gasteiger partial charge in [0.05, 0.1) is 0 Å². The van der Waals surface area contributed by atoms with Gasteiger partial charge in [0.25, 0.3) is 0 Å². The van der Waals surface area contributed by atoms with Crippen LogP contribution in [0, 0.1) is 0 Å². The van der Waals surface area contributed by atoms with Crippen LogP contribution in [0.2, 0.25) is 5.02 Å². The molecule has 0 bridgehead atoms. The Morgan fingerprint density at radius 3 is 2.81 bits per heavy atom. The average molecular weight is 252 g/mol. The highest BCUT2D eigenvalue weighted by Gasteiger charge is 2.11. The fraction of sp³-hybridized carbons (Fsp3) is 0.231. The van der Waals surface area contributed by atoms with Gasteiger partial charge in [0.15, 0.2) is 0 Å². The lowest BCUT2D eigenvalue weighted by Gasteiger charge is -2.14. The molecule has 0 aliphatic rings. The molecular formula is C13H14ClNS. The van der Waals surface area contributed by atoms with Gasteiger partial charge in [0.1, 0.15) is 0 Å². The van der Waals surface area contributed by atoms with E-state index in [-0.39, 0.29) is 0 Å². The summed E-state index contributed by atoms with van der Waals surface area (Å²) in [5, 5.41) is 5.05. The third-order valence-corrected chi connectivity index (χ3v) is 3.63. The zero-order chi connectivity index (χ0) is 11.4. The van der Waals surface area contributed by atoms with Crippen molar-refractivity contribution in [1.82, 2.24) is 0 Å². The Labute approximate surface area is 105 Å². The topological polar surface area (TPSA) is 26.0 Å². The predicted molar refractivity (Wildman–Crippen MR) is 71.3 cm³/mol. The van der Waals surface area contributed by atoms with E-state index in [1.165, 1.54) is 11.1 Å². The van der Waals surface area contributed by atoms with Gasteiger partial charge >= 0.3 is 0 Å². The van der Waals surface area contributed by atoms with E-state index in [0.29, 0.717) is 12.5 Å². The van der Waals surface area contributed by atoms with Crippen LogP contribution in [-0.2, 0) is 6.42 Å². The van der Waals surface area contributed by atoms with Crippen LogP contribution in [0.15, 0.2) is 41.1 Å². The molecule has 84 valence electrons. The van der Waals surface area contributed by atoms with Crippen LogP contribution < -0.4 is 5.73 Å². The molecule has 0 amide bonds. The van der Waals surface area contributed by atoms with Gasteiger partial charge in [-0.05, 0) is 53.1 Å². The van der Waals surface area contributed by atoms with Gasteiger partial charge in [-0.15, -0.1) is 0 Å². The minimum atomic E-state index is 0.355. The lowest BCUT2D eigenvalue weighted by atomic mass is 9.93. The van der Waals surface area contributed by atoms with Crippen LogP contribution in [0.5, 0.6) is 0 Å². The van der Waals surface area contributed by atoms with Crippen LogP contribution in [0.25, 0.3) is 0 Å². The first-order valence-electron chi connectivity index (χ1n) is 5.26. The minimum Gasteiger partial charge on any atom is -0.330 e. The molecule has 0 radical (unpaired) electrons. The second-order valence-electron chi connectivity index (χ2n) is 3.82. The number of halogens is 1. The van der Waals surface area contributed by atoms with Crippen molar-refractivity contribution in [3.8, 4) is 0 Å². The number of rotatable bonds is 4. The van der Waals surface area contributed by atoms with Gasteiger partial charge in [-0.3, -0.25) is 0 Å². The first kappa shape index (κ1) is 11.6. The molecule has 0 saturated carbocycles. The van der Waals surface area contributed by atoms with E-state index in [1.807, 2.05) is 18.2 Å². The van der Waals surface area contributed by atoms with Crippen LogP contribution in [0.1, 0.15) is 17.0 Å². The van der Waals surface area contributed by atoms with Gasteiger partial charge in [-0.1, -0.05) is 23.7 Å². The van der Waals surface area contributed by atoms with E-state index >= 15 is 0 Å². The van der Waals surface area contributed by atoms with Crippen LogP contribution >= 0.6 is 22.9 Å². The van der Waals surface area contributed by atoms with Gasteiger partial charge < -0.3 is 5.73 Å². The maximum Gasteiger partial charge on any atom is 0.0408 e. The van der Waals surface area contributed by atoms with Gasteiger partial charge in [0, 0.05) is 10.9 Å². The molecule has 2 N–H and O–H groups in total. The molecule has 1 aromatic carbocycles. The lowest BCUT2D eigenvalue weighted by molar-refractivity contribution is 0.696. The maximum atomic E-state index is 5.99. The molecule has 16 heavy (non-hydrogen) atoms. The lowest BCUT2D eigenvalue weighted by Crippen LogP contribution is -2.14. The van der Waals surface area contributed by atoms with Crippen LogP contribution in [0.3, 0.4) is 0 Å². The quantitative estimate of drug-likeness (QED) is 0.881. The SMILES string of the molecule is NCC(Cc1ccsc1)c1cccc(Cl)c1. The molecule has 2 aromatic rings. The predicted octanol–water partition coefficient (Wildman–Crippen LogP) is 3.69. The molecular weight excluding hydrogens is 238 g/mol. The molecule has 3 heteroatoms. The van der Waals surface area contributed by atoms with Crippen molar-refractivity contribution >= 4 is 22.9 Å². The standard InChI is InChI=1S/C13H14ClNS/c14-13-3-1-2-11(7-13)12(8-15)6-10-4-5-16-9-10/h1-5,7,9,12H,6,8,15H2. The number of benzene rings is 1. The first-order valence-corrected chi connectivity index (χ1v) is 6.58. The summed E-state index contributed by atoms with van der Waals surface area (Å²) < 4.78 is 0. The summed E-state index contributed by atoms with van der Waals surface area (Å²) >= 11 is 7.71. The van der Waals surface area contributed by atoms with E-state index in [4.69, 9.17) is 17.3 Å². The molecule has 1 aromatic heterocycles. The Morgan fingerprint density at radius 2 is 2.19 bits per heavy atom. The van der Waals surface area contributed by atoms with Gasteiger partial charge in [-0.25, -0.2) is 0 Å². The summed E-state index contributed by atoms with van der Waals surface area (Å²) in [7, 11) is 0. The van der Waals surface area contributed by atoms with Crippen molar-refractivity contribution in [3.63, 3.8) is 0 Å². The second-order valence-corrected chi connectivity index (χ2v) is 5.04. The minimum absolute atomic E-state index is 0.355. The summed E-state index contributed by atoms with van der Waals surface area (Å²) in [5.74, 6) is 0.355. The number of thiophene rings is 1. The molecule has 1 unspecified atom stereocenters. The van der Waals surface area contributed by atoms with E-state index in [0.717, 1.165) is 11.4 Å². The largest absolute Gasteiger partial charge is 0.330 e. The highest BCUT2D eigenvalue weighted by atomic mass is 35.5. The fourth-order valence-electron chi connectivity index (χ4n) is 1.79. The molecule has 2 rings (SSSR count). The highest BCUT2D eigenvalue weighted by Crippen LogP contribution is 2.23. The molecule has 0 aliphatic heterocycles. The van der Waals surface area contributed by atoms with E-state index in [9.17, 15) is 0 Å². The molecule has 1 nitrogen and oxygen atoms in total. The van der Waals surface area contributed by atoms with E-state index in [1.54, 1.807) is 11.3 Å². The van der Waals surface area contributed by atoms with Gasteiger partial charge in [0.2, 0.25) is 0 Å². The molecule has 0 aliphatic carbocycles. The normalized spacial score (nSPS) is 12.6. The van der Waals surface area contributed by atoms with E-state index in [2.05, 4.69) is 22.9 Å².